The highest BCUT2D eigenvalue weighted by atomic mass is 32.1. The summed E-state index contributed by atoms with van der Waals surface area (Å²) >= 11 is 1.49. The average molecular weight is 237 g/mol. The normalized spacial score (nSPS) is 28.4. The molecule has 86 valence electrons. The summed E-state index contributed by atoms with van der Waals surface area (Å²) in [5, 5.41) is 4.34. The fourth-order valence-electron chi connectivity index (χ4n) is 2.64. The molecule has 0 bridgehead atoms. The van der Waals surface area contributed by atoms with Crippen molar-refractivity contribution in [3.8, 4) is 0 Å². The minimum Gasteiger partial charge on any atom is -0.337 e. The van der Waals surface area contributed by atoms with Crippen LogP contribution in [0.1, 0.15) is 14.7 Å². The summed E-state index contributed by atoms with van der Waals surface area (Å²) in [5.74, 6) is 1.50. The number of hydrogen-bond donors (Lipinski definition) is 1. The lowest BCUT2D eigenvalue weighted by atomic mass is 10.0. The number of nitrogens with zero attached hydrogens (tertiary/aromatic N) is 2. The van der Waals surface area contributed by atoms with Crippen LogP contribution in [0, 0.1) is 18.8 Å². The highest BCUT2D eigenvalue weighted by molar-refractivity contribution is 7.13. The third-order valence-corrected chi connectivity index (χ3v) is 4.41. The number of rotatable bonds is 1. The molecule has 5 heteroatoms. The maximum absolute atomic E-state index is 12.2. The van der Waals surface area contributed by atoms with Gasteiger partial charge in [0.15, 0.2) is 0 Å². The number of aromatic nitrogens is 1. The molecular formula is C11H15N3OS. The van der Waals surface area contributed by atoms with Crippen LogP contribution >= 0.6 is 11.3 Å². The second-order valence-electron chi connectivity index (χ2n) is 4.63. The largest absolute Gasteiger partial charge is 0.337 e. The second-order valence-corrected chi connectivity index (χ2v) is 5.87. The molecule has 2 saturated heterocycles. The number of aryl methyl sites for hydroxylation is 1. The molecular weight excluding hydrogens is 222 g/mol. The molecule has 16 heavy (non-hydrogen) atoms. The predicted molar refractivity (Wildman–Crippen MR) is 62.6 cm³/mol. The Morgan fingerprint density at radius 3 is 2.75 bits per heavy atom. The molecule has 2 unspecified atom stereocenters. The third kappa shape index (κ3) is 1.64. The summed E-state index contributed by atoms with van der Waals surface area (Å²) < 4.78 is 0. The number of thiazole rings is 1. The van der Waals surface area contributed by atoms with Crippen molar-refractivity contribution in [3.05, 3.63) is 16.1 Å². The van der Waals surface area contributed by atoms with Gasteiger partial charge in [0.05, 0.1) is 11.2 Å². The van der Waals surface area contributed by atoms with Crippen molar-refractivity contribution in [2.75, 3.05) is 26.2 Å². The zero-order valence-corrected chi connectivity index (χ0v) is 10.1. The summed E-state index contributed by atoms with van der Waals surface area (Å²) in [6.45, 7) is 5.89. The number of amides is 1. The van der Waals surface area contributed by atoms with E-state index in [1.807, 2.05) is 11.8 Å². The standard InChI is InChI=1S/C11H15N3OS/c1-7-13-4-10(16-7)11(15)14-5-8-2-12-3-9(8)6-14/h4,8-9,12H,2-3,5-6H2,1H3. The number of fused-ring (bicyclic) bond motifs is 1. The van der Waals surface area contributed by atoms with Gasteiger partial charge in [-0.05, 0) is 18.8 Å². The Hall–Kier alpha value is -0.940. The van der Waals surface area contributed by atoms with E-state index in [4.69, 9.17) is 0 Å². The van der Waals surface area contributed by atoms with Gasteiger partial charge in [0.25, 0.3) is 5.91 Å². The zero-order valence-electron chi connectivity index (χ0n) is 9.27. The van der Waals surface area contributed by atoms with Gasteiger partial charge in [-0.25, -0.2) is 4.98 Å². The first kappa shape index (κ1) is 10.2. The molecule has 1 aromatic rings. The fraction of sp³-hybridized carbons (Fsp3) is 0.636. The van der Waals surface area contributed by atoms with Crippen molar-refractivity contribution in [2.45, 2.75) is 6.92 Å². The number of hydrogen-bond acceptors (Lipinski definition) is 4. The molecule has 0 spiro atoms. The first-order valence-corrected chi connectivity index (χ1v) is 6.48. The lowest BCUT2D eigenvalue weighted by Gasteiger charge is -2.15. The van der Waals surface area contributed by atoms with Crippen LogP contribution < -0.4 is 5.32 Å². The monoisotopic (exact) mass is 237 g/mol. The zero-order chi connectivity index (χ0) is 11.1. The molecule has 4 nitrogen and oxygen atoms in total. The third-order valence-electron chi connectivity index (χ3n) is 3.51. The summed E-state index contributed by atoms with van der Waals surface area (Å²) in [5.41, 5.74) is 0. The van der Waals surface area contributed by atoms with E-state index in [0.29, 0.717) is 11.8 Å². The highest BCUT2D eigenvalue weighted by Gasteiger charge is 2.38. The maximum atomic E-state index is 12.2. The van der Waals surface area contributed by atoms with E-state index in [1.165, 1.54) is 11.3 Å². The fourth-order valence-corrected chi connectivity index (χ4v) is 3.38. The Morgan fingerprint density at radius 1 is 1.50 bits per heavy atom. The van der Waals surface area contributed by atoms with Gasteiger partial charge in [-0.1, -0.05) is 0 Å². The first-order valence-electron chi connectivity index (χ1n) is 5.66. The average Bonchev–Trinajstić information content (AvgIpc) is 2.89. The SMILES string of the molecule is Cc1ncc(C(=O)N2CC3CNCC3C2)s1. The van der Waals surface area contributed by atoms with Gasteiger partial charge in [-0.2, -0.15) is 0 Å². The number of likely N-dealkylation sites (tertiary alicyclic amines) is 1. The van der Waals surface area contributed by atoms with Crippen LogP contribution in [-0.2, 0) is 0 Å². The summed E-state index contributed by atoms with van der Waals surface area (Å²) in [6, 6.07) is 0. The Balaban J connectivity index is 1.73. The van der Waals surface area contributed by atoms with Crippen molar-refractivity contribution in [2.24, 2.45) is 11.8 Å². The quantitative estimate of drug-likeness (QED) is 0.783. The number of carbonyl (C=O) groups excluding carboxylic acids is 1. The van der Waals surface area contributed by atoms with Crippen LogP contribution in [0.15, 0.2) is 6.20 Å². The topological polar surface area (TPSA) is 45.2 Å². The van der Waals surface area contributed by atoms with Gasteiger partial charge in [0.2, 0.25) is 0 Å². The van der Waals surface area contributed by atoms with Gasteiger partial charge in [-0.3, -0.25) is 4.79 Å². The smallest absolute Gasteiger partial charge is 0.265 e. The Labute approximate surface area is 98.7 Å². The molecule has 0 saturated carbocycles. The molecule has 2 aliphatic rings. The van der Waals surface area contributed by atoms with Crippen LogP contribution in [0.5, 0.6) is 0 Å². The van der Waals surface area contributed by atoms with Crippen molar-refractivity contribution in [1.82, 2.24) is 15.2 Å². The van der Waals surface area contributed by atoms with Gasteiger partial charge in [0, 0.05) is 26.2 Å². The predicted octanol–water partition coefficient (Wildman–Crippen LogP) is 0.743. The van der Waals surface area contributed by atoms with E-state index in [1.54, 1.807) is 6.20 Å². The maximum Gasteiger partial charge on any atom is 0.265 e. The molecule has 3 heterocycles. The Morgan fingerprint density at radius 2 is 2.19 bits per heavy atom. The second kappa shape index (κ2) is 3.82. The molecule has 1 aromatic heterocycles. The lowest BCUT2D eigenvalue weighted by Crippen LogP contribution is -2.31. The molecule has 2 atom stereocenters. The van der Waals surface area contributed by atoms with Gasteiger partial charge < -0.3 is 10.2 Å². The highest BCUT2D eigenvalue weighted by Crippen LogP contribution is 2.28. The number of carbonyl (C=O) groups is 1. The summed E-state index contributed by atoms with van der Waals surface area (Å²) in [7, 11) is 0. The van der Waals surface area contributed by atoms with E-state index in [0.717, 1.165) is 36.1 Å². The van der Waals surface area contributed by atoms with Crippen LogP contribution in [0.25, 0.3) is 0 Å². The van der Waals surface area contributed by atoms with Crippen LogP contribution in [0.4, 0.5) is 0 Å². The van der Waals surface area contributed by atoms with Crippen molar-refractivity contribution < 1.29 is 4.79 Å². The van der Waals surface area contributed by atoms with Gasteiger partial charge in [-0.15, -0.1) is 11.3 Å². The van der Waals surface area contributed by atoms with E-state index in [2.05, 4.69) is 10.3 Å². The minimum absolute atomic E-state index is 0.167. The van der Waals surface area contributed by atoms with E-state index in [-0.39, 0.29) is 5.91 Å². The molecule has 2 aliphatic heterocycles. The minimum atomic E-state index is 0.167. The Kier molecular flexibility index (Phi) is 2.44. The van der Waals surface area contributed by atoms with Crippen molar-refractivity contribution >= 4 is 17.2 Å². The molecule has 0 aliphatic carbocycles. The number of nitrogens with one attached hydrogen (secondary N) is 1. The van der Waals surface area contributed by atoms with Gasteiger partial charge in [0.1, 0.15) is 4.88 Å². The lowest BCUT2D eigenvalue weighted by molar-refractivity contribution is 0.0786. The first-order chi connectivity index (χ1) is 7.74. The summed E-state index contributed by atoms with van der Waals surface area (Å²) in [4.78, 5) is 19.1. The Bertz CT molecular complexity index is 405. The van der Waals surface area contributed by atoms with Gasteiger partial charge >= 0.3 is 0 Å². The summed E-state index contributed by atoms with van der Waals surface area (Å²) in [6.07, 6.45) is 1.70. The van der Waals surface area contributed by atoms with E-state index < -0.39 is 0 Å². The van der Waals surface area contributed by atoms with Crippen molar-refractivity contribution in [3.63, 3.8) is 0 Å². The molecule has 0 radical (unpaired) electrons. The molecule has 1 N–H and O–H groups in total. The van der Waals surface area contributed by atoms with Crippen LogP contribution in [-0.4, -0.2) is 42.0 Å². The molecule has 0 aromatic carbocycles. The van der Waals surface area contributed by atoms with Crippen LogP contribution in [0.2, 0.25) is 0 Å². The van der Waals surface area contributed by atoms with E-state index in [9.17, 15) is 4.79 Å². The molecule has 3 rings (SSSR count). The molecule has 1 amide bonds. The molecule has 2 fully saturated rings. The van der Waals surface area contributed by atoms with Crippen molar-refractivity contribution in [1.29, 1.82) is 0 Å². The van der Waals surface area contributed by atoms with E-state index >= 15 is 0 Å². The van der Waals surface area contributed by atoms with Crippen LogP contribution in [0.3, 0.4) is 0 Å².